The molecule has 0 saturated carbocycles. The third kappa shape index (κ3) is 4.35. The van der Waals surface area contributed by atoms with Gasteiger partial charge in [-0.15, -0.1) is 0 Å². The molecule has 2 aliphatic heterocycles. The Labute approximate surface area is 161 Å². The summed E-state index contributed by atoms with van der Waals surface area (Å²) in [5, 5.41) is 0. The van der Waals surface area contributed by atoms with E-state index >= 15 is 0 Å². The van der Waals surface area contributed by atoms with Gasteiger partial charge in [0.05, 0.1) is 24.1 Å². The average Bonchev–Trinajstić information content (AvgIpc) is 2.68. The molecule has 2 saturated heterocycles. The fraction of sp³-hybridized carbons (Fsp3) is 0.500. The van der Waals surface area contributed by atoms with E-state index in [9.17, 15) is 4.79 Å². The van der Waals surface area contributed by atoms with Gasteiger partial charge in [-0.05, 0) is 38.3 Å². The molecule has 2 aromatic rings. The van der Waals surface area contributed by atoms with Crippen molar-refractivity contribution < 1.29 is 4.79 Å². The number of amides is 1. The number of aromatic nitrogens is 2. The molecular formula is C22H28N4O. The molecule has 5 heteroatoms. The molecule has 1 atom stereocenters. The number of hydrogen-bond donors (Lipinski definition) is 0. The summed E-state index contributed by atoms with van der Waals surface area (Å²) in [6, 6.07) is 10.7. The van der Waals surface area contributed by atoms with E-state index in [1.54, 1.807) is 12.4 Å². The fourth-order valence-corrected chi connectivity index (χ4v) is 4.56. The molecule has 1 aromatic heterocycles. The standard InChI is InChI=1S/C22H28N4O/c1-18-12-24-20(13-23-18)15-26-17-22(10-8-21(26)27)9-5-11-25(16-22)14-19-6-3-2-4-7-19/h2-4,6-7,12-13H,5,8-11,14-17H2,1H3/t22-/m0/s1. The van der Waals surface area contributed by atoms with E-state index in [-0.39, 0.29) is 11.3 Å². The lowest BCUT2D eigenvalue weighted by Gasteiger charge is -2.48. The van der Waals surface area contributed by atoms with E-state index in [4.69, 9.17) is 0 Å². The normalized spacial score (nSPS) is 23.7. The minimum Gasteiger partial charge on any atom is -0.336 e. The van der Waals surface area contributed by atoms with Crippen LogP contribution in [0.5, 0.6) is 0 Å². The summed E-state index contributed by atoms with van der Waals surface area (Å²) in [4.78, 5) is 25.9. The van der Waals surface area contributed by atoms with Gasteiger partial charge in [-0.2, -0.15) is 0 Å². The maximum Gasteiger partial charge on any atom is 0.222 e. The van der Waals surface area contributed by atoms with Crippen LogP contribution in [0.2, 0.25) is 0 Å². The van der Waals surface area contributed by atoms with Crippen LogP contribution in [0.4, 0.5) is 0 Å². The Bertz CT molecular complexity index is 777. The van der Waals surface area contributed by atoms with Crippen LogP contribution in [0.3, 0.4) is 0 Å². The lowest BCUT2D eigenvalue weighted by atomic mass is 9.73. The summed E-state index contributed by atoms with van der Waals surface area (Å²) in [6.07, 6.45) is 7.65. The highest BCUT2D eigenvalue weighted by Gasteiger charge is 2.41. The van der Waals surface area contributed by atoms with E-state index in [0.717, 1.165) is 44.0 Å². The monoisotopic (exact) mass is 364 g/mol. The third-order valence-corrected chi connectivity index (χ3v) is 5.92. The molecule has 5 nitrogen and oxygen atoms in total. The van der Waals surface area contributed by atoms with E-state index in [1.165, 1.54) is 18.4 Å². The lowest BCUT2D eigenvalue weighted by molar-refractivity contribution is -0.140. The molecule has 1 amide bonds. The van der Waals surface area contributed by atoms with Crippen LogP contribution in [0.15, 0.2) is 42.7 Å². The molecule has 142 valence electrons. The molecule has 3 heterocycles. The van der Waals surface area contributed by atoms with Gasteiger partial charge in [-0.1, -0.05) is 30.3 Å². The summed E-state index contributed by atoms with van der Waals surface area (Å²) < 4.78 is 0. The molecule has 0 N–H and O–H groups in total. The molecule has 0 radical (unpaired) electrons. The SMILES string of the molecule is Cc1cnc(CN2C[C@@]3(CCCN(Cc4ccccc4)C3)CCC2=O)cn1. The second kappa shape index (κ2) is 7.77. The van der Waals surface area contributed by atoms with Crippen molar-refractivity contribution in [2.24, 2.45) is 5.41 Å². The van der Waals surface area contributed by atoms with Crippen molar-refractivity contribution in [3.63, 3.8) is 0 Å². The number of hydrogen-bond acceptors (Lipinski definition) is 4. The van der Waals surface area contributed by atoms with E-state index in [2.05, 4.69) is 45.2 Å². The van der Waals surface area contributed by atoms with Gasteiger partial charge in [0.25, 0.3) is 0 Å². The maximum absolute atomic E-state index is 12.5. The number of piperidine rings is 2. The highest BCUT2D eigenvalue weighted by Crippen LogP contribution is 2.39. The summed E-state index contributed by atoms with van der Waals surface area (Å²) >= 11 is 0. The van der Waals surface area contributed by atoms with Gasteiger partial charge < -0.3 is 4.90 Å². The molecule has 2 aliphatic rings. The first-order chi connectivity index (χ1) is 13.1. The average molecular weight is 364 g/mol. The quantitative estimate of drug-likeness (QED) is 0.836. The van der Waals surface area contributed by atoms with Crippen LogP contribution >= 0.6 is 0 Å². The summed E-state index contributed by atoms with van der Waals surface area (Å²) in [5.41, 5.74) is 3.37. The number of carbonyl (C=O) groups is 1. The predicted molar refractivity (Wildman–Crippen MR) is 105 cm³/mol. The molecule has 0 unspecified atom stereocenters. The first-order valence-corrected chi connectivity index (χ1v) is 9.94. The summed E-state index contributed by atoms with van der Waals surface area (Å²) in [6.45, 7) is 6.57. The molecule has 1 spiro atoms. The highest BCUT2D eigenvalue weighted by molar-refractivity contribution is 5.77. The smallest absolute Gasteiger partial charge is 0.222 e. The van der Waals surface area contributed by atoms with Crippen molar-refractivity contribution in [2.45, 2.75) is 45.7 Å². The molecule has 0 aliphatic carbocycles. The Hall–Kier alpha value is -2.27. The van der Waals surface area contributed by atoms with Gasteiger partial charge in [0.1, 0.15) is 0 Å². The molecular weight excluding hydrogens is 336 g/mol. The largest absolute Gasteiger partial charge is 0.336 e. The Morgan fingerprint density at radius 2 is 1.89 bits per heavy atom. The second-order valence-electron chi connectivity index (χ2n) is 8.20. The lowest BCUT2D eigenvalue weighted by Crippen LogP contribution is -2.53. The Kier molecular flexibility index (Phi) is 5.21. The number of aryl methyl sites for hydroxylation is 1. The zero-order valence-electron chi connectivity index (χ0n) is 16.1. The van der Waals surface area contributed by atoms with E-state index in [0.29, 0.717) is 13.0 Å². The van der Waals surface area contributed by atoms with Crippen molar-refractivity contribution >= 4 is 5.91 Å². The van der Waals surface area contributed by atoms with Crippen LogP contribution in [-0.4, -0.2) is 45.3 Å². The van der Waals surface area contributed by atoms with Crippen LogP contribution in [0.25, 0.3) is 0 Å². The van der Waals surface area contributed by atoms with Gasteiger partial charge in [0.2, 0.25) is 5.91 Å². The van der Waals surface area contributed by atoms with Gasteiger partial charge in [0, 0.05) is 37.7 Å². The van der Waals surface area contributed by atoms with Crippen LogP contribution in [0.1, 0.15) is 42.6 Å². The maximum atomic E-state index is 12.5. The van der Waals surface area contributed by atoms with Crippen molar-refractivity contribution in [1.29, 1.82) is 0 Å². The Balaban J connectivity index is 1.43. The molecule has 0 bridgehead atoms. The van der Waals surface area contributed by atoms with Crippen molar-refractivity contribution in [1.82, 2.24) is 19.8 Å². The first kappa shape index (κ1) is 18.1. The van der Waals surface area contributed by atoms with Gasteiger partial charge >= 0.3 is 0 Å². The zero-order chi connectivity index (χ0) is 18.7. The second-order valence-corrected chi connectivity index (χ2v) is 8.20. The van der Waals surface area contributed by atoms with Crippen LogP contribution in [-0.2, 0) is 17.9 Å². The van der Waals surface area contributed by atoms with Crippen LogP contribution < -0.4 is 0 Å². The molecule has 4 rings (SSSR count). The van der Waals surface area contributed by atoms with Gasteiger partial charge in [0.15, 0.2) is 0 Å². The fourth-order valence-electron chi connectivity index (χ4n) is 4.56. The van der Waals surface area contributed by atoms with Gasteiger partial charge in [-0.25, -0.2) is 0 Å². The Morgan fingerprint density at radius 1 is 1.04 bits per heavy atom. The molecule has 2 fully saturated rings. The number of rotatable bonds is 4. The van der Waals surface area contributed by atoms with Crippen molar-refractivity contribution in [2.75, 3.05) is 19.6 Å². The molecule has 27 heavy (non-hydrogen) atoms. The Morgan fingerprint density at radius 3 is 2.67 bits per heavy atom. The highest BCUT2D eigenvalue weighted by atomic mass is 16.2. The first-order valence-electron chi connectivity index (χ1n) is 9.94. The summed E-state index contributed by atoms with van der Waals surface area (Å²) in [5.74, 6) is 0.253. The number of carbonyl (C=O) groups excluding carboxylic acids is 1. The van der Waals surface area contributed by atoms with Gasteiger partial charge in [-0.3, -0.25) is 19.7 Å². The minimum atomic E-state index is 0.221. The third-order valence-electron chi connectivity index (χ3n) is 5.92. The number of likely N-dealkylation sites (tertiary alicyclic amines) is 2. The van der Waals surface area contributed by atoms with E-state index in [1.807, 2.05) is 11.8 Å². The number of benzene rings is 1. The van der Waals surface area contributed by atoms with Crippen LogP contribution in [0, 0.1) is 12.3 Å². The van der Waals surface area contributed by atoms with E-state index < -0.39 is 0 Å². The zero-order valence-corrected chi connectivity index (χ0v) is 16.1. The predicted octanol–water partition coefficient (Wildman–Crippen LogP) is 3.19. The van der Waals surface area contributed by atoms with Crippen molar-refractivity contribution in [3.8, 4) is 0 Å². The topological polar surface area (TPSA) is 49.3 Å². The summed E-state index contributed by atoms with van der Waals surface area (Å²) in [7, 11) is 0. The molecule has 1 aromatic carbocycles. The number of nitrogens with zero attached hydrogens (tertiary/aromatic N) is 4. The van der Waals surface area contributed by atoms with Crippen molar-refractivity contribution in [3.05, 3.63) is 59.7 Å². The minimum absolute atomic E-state index is 0.221.